The lowest BCUT2D eigenvalue weighted by molar-refractivity contribution is 0.232. The van der Waals surface area contributed by atoms with E-state index in [1.165, 1.54) is 12.1 Å². The van der Waals surface area contributed by atoms with E-state index in [1.54, 1.807) is 7.05 Å². The minimum absolute atomic E-state index is 0.0101. The van der Waals surface area contributed by atoms with Gasteiger partial charge in [-0.2, -0.15) is 0 Å². The van der Waals surface area contributed by atoms with Crippen molar-refractivity contribution in [2.75, 3.05) is 13.6 Å². The van der Waals surface area contributed by atoms with Crippen LogP contribution in [-0.4, -0.2) is 19.7 Å². The van der Waals surface area contributed by atoms with E-state index < -0.39 is 17.5 Å². The zero-order valence-electron chi connectivity index (χ0n) is 11.4. The summed E-state index contributed by atoms with van der Waals surface area (Å²) in [5.41, 5.74) is 0.936. The molecule has 1 aliphatic heterocycles. The molecule has 110 valence electrons. The van der Waals surface area contributed by atoms with Gasteiger partial charge in [-0.3, -0.25) is 0 Å². The van der Waals surface area contributed by atoms with Gasteiger partial charge in [-0.15, -0.1) is 0 Å². The van der Waals surface area contributed by atoms with Crippen molar-refractivity contribution in [2.45, 2.75) is 12.5 Å². The number of ether oxygens (including phenoxy) is 1. The van der Waals surface area contributed by atoms with Crippen molar-refractivity contribution in [3.8, 4) is 16.9 Å². The standard InChI is InChI=1S/C16H14F3NO/c1-20-8-12-5-9-4-11(18)7-14(16(9)21-12)13-6-10(17)2-3-15(13)19/h2-4,6-7,12,20H,5,8H2,1H3. The summed E-state index contributed by atoms with van der Waals surface area (Å²) in [6, 6.07) is 5.67. The molecule has 0 aliphatic carbocycles. The van der Waals surface area contributed by atoms with Crippen molar-refractivity contribution in [3.05, 3.63) is 53.3 Å². The van der Waals surface area contributed by atoms with Gasteiger partial charge in [0.2, 0.25) is 0 Å². The molecule has 1 atom stereocenters. The van der Waals surface area contributed by atoms with E-state index in [0.717, 1.165) is 18.2 Å². The molecule has 3 rings (SSSR count). The summed E-state index contributed by atoms with van der Waals surface area (Å²) in [5, 5.41) is 2.99. The predicted octanol–water partition coefficient (Wildman–Crippen LogP) is 3.29. The second kappa shape index (κ2) is 5.41. The van der Waals surface area contributed by atoms with Crippen LogP contribution in [0.2, 0.25) is 0 Å². The Morgan fingerprint density at radius 3 is 2.62 bits per heavy atom. The highest BCUT2D eigenvalue weighted by atomic mass is 19.1. The van der Waals surface area contributed by atoms with E-state index >= 15 is 0 Å². The van der Waals surface area contributed by atoms with Gasteiger partial charge in [0.15, 0.2) is 0 Å². The first-order valence-corrected chi connectivity index (χ1v) is 6.67. The van der Waals surface area contributed by atoms with E-state index in [9.17, 15) is 13.2 Å². The van der Waals surface area contributed by atoms with Gasteiger partial charge in [0, 0.05) is 29.7 Å². The van der Waals surface area contributed by atoms with Gasteiger partial charge in [0.25, 0.3) is 0 Å². The maximum Gasteiger partial charge on any atom is 0.131 e. The molecule has 0 bridgehead atoms. The molecule has 21 heavy (non-hydrogen) atoms. The Hall–Kier alpha value is -2.01. The highest BCUT2D eigenvalue weighted by Crippen LogP contribution is 2.40. The number of hydrogen-bond donors (Lipinski definition) is 1. The topological polar surface area (TPSA) is 21.3 Å². The van der Waals surface area contributed by atoms with Gasteiger partial charge in [0.05, 0.1) is 0 Å². The molecule has 1 unspecified atom stereocenters. The molecule has 2 aromatic rings. The molecular weight excluding hydrogens is 279 g/mol. The molecule has 0 amide bonds. The van der Waals surface area contributed by atoms with Gasteiger partial charge in [-0.1, -0.05) is 0 Å². The second-order valence-electron chi connectivity index (χ2n) is 5.07. The maximum absolute atomic E-state index is 13.9. The number of halogens is 3. The van der Waals surface area contributed by atoms with Crippen LogP contribution >= 0.6 is 0 Å². The highest BCUT2D eigenvalue weighted by Gasteiger charge is 2.27. The average molecular weight is 293 g/mol. The zero-order valence-corrected chi connectivity index (χ0v) is 11.4. The summed E-state index contributed by atoms with van der Waals surface area (Å²) in [6.45, 7) is 0.599. The molecule has 0 fully saturated rings. The van der Waals surface area contributed by atoms with Crippen LogP contribution in [0.25, 0.3) is 11.1 Å². The largest absolute Gasteiger partial charge is 0.488 e. The molecule has 0 saturated carbocycles. The Labute approximate surface area is 120 Å². The average Bonchev–Trinajstić information content (AvgIpc) is 2.83. The number of benzene rings is 2. The summed E-state index contributed by atoms with van der Waals surface area (Å²) in [5.74, 6) is -1.23. The molecule has 0 saturated heterocycles. The Balaban J connectivity index is 2.11. The summed E-state index contributed by atoms with van der Waals surface area (Å²) < 4.78 is 46.8. The van der Waals surface area contributed by atoms with Crippen LogP contribution in [0.3, 0.4) is 0 Å². The number of rotatable bonds is 3. The number of likely N-dealkylation sites (N-methyl/N-ethyl adjacent to an activating group) is 1. The molecule has 1 aliphatic rings. The molecule has 0 aromatic heterocycles. The molecule has 2 nitrogen and oxygen atoms in total. The van der Waals surface area contributed by atoms with Crippen molar-refractivity contribution in [1.82, 2.24) is 5.32 Å². The van der Waals surface area contributed by atoms with Crippen molar-refractivity contribution >= 4 is 0 Å². The number of hydrogen-bond acceptors (Lipinski definition) is 2. The Morgan fingerprint density at radius 1 is 1.10 bits per heavy atom. The van der Waals surface area contributed by atoms with Gasteiger partial charge < -0.3 is 10.1 Å². The first-order valence-electron chi connectivity index (χ1n) is 6.67. The minimum Gasteiger partial charge on any atom is -0.488 e. The predicted molar refractivity (Wildman–Crippen MR) is 73.8 cm³/mol. The molecule has 0 radical (unpaired) electrons. The summed E-state index contributed by atoms with van der Waals surface area (Å²) in [7, 11) is 1.79. The lowest BCUT2D eigenvalue weighted by atomic mass is 9.99. The monoisotopic (exact) mass is 293 g/mol. The molecule has 1 N–H and O–H groups in total. The van der Waals surface area contributed by atoms with E-state index in [-0.39, 0.29) is 17.2 Å². The Morgan fingerprint density at radius 2 is 1.86 bits per heavy atom. The van der Waals surface area contributed by atoms with Crippen LogP contribution < -0.4 is 10.1 Å². The molecular formula is C16H14F3NO. The Kier molecular flexibility index (Phi) is 3.59. The lowest BCUT2D eigenvalue weighted by Gasteiger charge is -2.13. The van der Waals surface area contributed by atoms with Crippen LogP contribution in [-0.2, 0) is 6.42 Å². The van der Waals surface area contributed by atoms with Crippen LogP contribution in [0.5, 0.6) is 5.75 Å². The fraction of sp³-hybridized carbons (Fsp3) is 0.250. The highest BCUT2D eigenvalue weighted by molar-refractivity contribution is 5.73. The van der Waals surface area contributed by atoms with Gasteiger partial charge >= 0.3 is 0 Å². The third-order valence-corrected chi connectivity index (χ3v) is 3.51. The van der Waals surface area contributed by atoms with Crippen molar-refractivity contribution in [3.63, 3.8) is 0 Å². The van der Waals surface area contributed by atoms with Crippen LogP contribution in [0, 0.1) is 17.5 Å². The SMILES string of the molecule is CNCC1Cc2cc(F)cc(-c3cc(F)ccc3F)c2O1. The van der Waals surface area contributed by atoms with E-state index in [0.29, 0.717) is 24.3 Å². The van der Waals surface area contributed by atoms with Crippen molar-refractivity contribution < 1.29 is 17.9 Å². The fourth-order valence-electron chi connectivity index (χ4n) is 2.64. The van der Waals surface area contributed by atoms with Crippen LogP contribution in [0.4, 0.5) is 13.2 Å². The molecule has 5 heteroatoms. The molecule has 2 aromatic carbocycles. The summed E-state index contributed by atoms with van der Waals surface area (Å²) in [6.07, 6.45) is 0.403. The van der Waals surface area contributed by atoms with Gasteiger partial charge in [-0.25, -0.2) is 13.2 Å². The fourth-order valence-corrected chi connectivity index (χ4v) is 2.64. The van der Waals surface area contributed by atoms with Gasteiger partial charge in [-0.05, 0) is 37.4 Å². The second-order valence-corrected chi connectivity index (χ2v) is 5.07. The van der Waals surface area contributed by atoms with E-state index in [2.05, 4.69) is 5.32 Å². The normalized spacial score (nSPS) is 16.7. The van der Waals surface area contributed by atoms with Crippen LogP contribution in [0.1, 0.15) is 5.56 Å². The van der Waals surface area contributed by atoms with Crippen LogP contribution in [0.15, 0.2) is 30.3 Å². The van der Waals surface area contributed by atoms with Gasteiger partial charge in [0.1, 0.15) is 29.3 Å². The minimum atomic E-state index is -0.607. The maximum atomic E-state index is 13.9. The third-order valence-electron chi connectivity index (χ3n) is 3.51. The molecule has 0 spiro atoms. The quantitative estimate of drug-likeness (QED) is 0.937. The zero-order chi connectivity index (χ0) is 15.0. The number of nitrogens with one attached hydrogen (secondary N) is 1. The smallest absolute Gasteiger partial charge is 0.131 e. The first-order chi connectivity index (χ1) is 10.1. The molecule has 1 heterocycles. The van der Waals surface area contributed by atoms with Crippen molar-refractivity contribution in [2.24, 2.45) is 0 Å². The number of fused-ring (bicyclic) bond motifs is 1. The lowest BCUT2D eigenvalue weighted by Crippen LogP contribution is -2.27. The van der Waals surface area contributed by atoms with E-state index in [4.69, 9.17) is 4.74 Å². The van der Waals surface area contributed by atoms with E-state index in [1.807, 2.05) is 0 Å². The summed E-state index contributed by atoms with van der Waals surface area (Å²) >= 11 is 0. The third kappa shape index (κ3) is 2.61. The summed E-state index contributed by atoms with van der Waals surface area (Å²) in [4.78, 5) is 0. The van der Waals surface area contributed by atoms with Crippen molar-refractivity contribution in [1.29, 1.82) is 0 Å². The Bertz CT molecular complexity index is 687. The first kappa shape index (κ1) is 13.9.